The number of carbonyl (C=O) groups excluding carboxylic acids is 2. The van der Waals surface area contributed by atoms with E-state index in [4.69, 9.17) is 10.5 Å². The van der Waals surface area contributed by atoms with Gasteiger partial charge in [-0.2, -0.15) is 0 Å². The predicted molar refractivity (Wildman–Crippen MR) is 83.0 cm³/mol. The third-order valence-electron chi connectivity index (χ3n) is 4.45. The number of hydrogen-bond acceptors (Lipinski definition) is 3. The summed E-state index contributed by atoms with van der Waals surface area (Å²) in [6.45, 7) is 2.67. The van der Waals surface area contributed by atoms with Gasteiger partial charge in [0.25, 0.3) is 5.91 Å². The van der Waals surface area contributed by atoms with Crippen LogP contribution in [0.3, 0.4) is 0 Å². The molecule has 0 bridgehead atoms. The highest BCUT2D eigenvalue weighted by atomic mass is 16.5. The molecule has 1 fully saturated rings. The van der Waals surface area contributed by atoms with E-state index in [9.17, 15) is 9.59 Å². The van der Waals surface area contributed by atoms with Crippen LogP contribution in [0.4, 0.5) is 0 Å². The van der Waals surface area contributed by atoms with E-state index in [0.717, 1.165) is 24.2 Å². The largest absolute Gasteiger partial charge is 0.488 e. The topological polar surface area (TPSA) is 72.6 Å². The lowest BCUT2D eigenvalue weighted by molar-refractivity contribution is -0.134. The van der Waals surface area contributed by atoms with Crippen molar-refractivity contribution in [1.29, 1.82) is 0 Å². The molecule has 2 N–H and O–H groups in total. The summed E-state index contributed by atoms with van der Waals surface area (Å²) in [5.41, 5.74) is 6.93. The van der Waals surface area contributed by atoms with Crippen LogP contribution in [-0.2, 0) is 9.59 Å². The second-order valence-electron chi connectivity index (χ2n) is 5.98. The molecule has 5 heteroatoms. The van der Waals surface area contributed by atoms with Crippen molar-refractivity contribution in [2.75, 3.05) is 13.2 Å². The molecule has 0 aromatic heterocycles. The fourth-order valence-corrected chi connectivity index (χ4v) is 3.05. The Morgan fingerprint density at radius 1 is 1.27 bits per heavy atom. The molecule has 116 valence electrons. The van der Waals surface area contributed by atoms with Crippen molar-refractivity contribution in [2.45, 2.75) is 25.8 Å². The SMILES string of the molecule is C[C@@H]1CC[C@@H](C(N)=O)CN1C(=O)C1=Cc2ccccc2OC1. The Bertz CT molecular complexity index is 639. The number of nitrogens with two attached hydrogens (primary N) is 1. The van der Waals surface area contributed by atoms with Crippen LogP contribution >= 0.6 is 0 Å². The van der Waals surface area contributed by atoms with Gasteiger partial charge in [0.2, 0.25) is 5.91 Å². The van der Waals surface area contributed by atoms with Gasteiger partial charge in [-0.05, 0) is 31.9 Å². The fraction of sp³-hybridized carbons (Fsp3) is 0.412. The zero-order valence-electron chi connectivity index (χ0n) is 12.6. The summed E-state index contributed by atoms with van der Waals surface area (Å²) >= 11 is 0. The maximum absolute atomic E-state index is 12.8. The Labute approximate surface area is 129 Å². The van der Waals surface area contributed by atoms with Crippen LogP contribution < -0.4 is 10.5 Å². The number of hydrogen-bond donors (Lipinski definition) is 1. The number of nitrogens with zero attached hydrogens (tertiary/aromatic N) is 1. The van der Waals surface area contributed by atoms with Gasteiger partial charge < -0.3 is 15.4 Å². The van der Waals surface area contributed by atoms with Gasteiger partial charge in [0.15, 0.2) is 0 Å². The number of fused-ring (bicyclic) bond motifs is 1. The lowest BCUT2D eigenvalue weighted by atomic mass is 9.92. The van der Waals surface area contributed by atoms with E-state index in [0.29, 0.717) is 12.1 Å². The van der Waals surface area contributed by atoms with Crippen molar-refractivity contribution in [2.24, 2.45) is 11.7 Å². The highest BCUT2D eigenvalue weighted by Crippen LogP contribution is 2.29. The van der Waals surface area contributed by atoms with Crippen molar-refractivity contribution in [3.8, 4) is 5.75 Å². The number of likely N-dealkylation sites (tertiary alicyclic amines) is 1. The molecular weight excluding hydrogens is 280 g/mol. The zero-order valence-corrected chi connectivity index (χ0v) is 12.6. The molecule has 0 unspecified atom stereocenters. The number of carbonyl (C=O) groups is 2. The first kappa shape index (κ1) is 14.6. The molecule has 5 nitrogen and oxygen atoms in total. The molecule has 2 heterocycles. The van der Waals surface area contributed by atoms with E-state index in [2.05, 4.69) is 0 Å². The van der Waals surface area contributed by atoms with Crippen LogP contribution in [0.5, 0.6) is 5.75 Å². The standard InChI is InChI=1S/C17H20N2O3/c1-11-6-7-13(16(18)20)9-19(11)17(21)14-8-12-4-2-3-5-15(12)22-10-14/h2-5,8,11,13H,6-7,9-10H2,1H3,(H2,18,20)/t11-,13-/m1/s1. The highest BCUT2D eigenvalue weighted by molar-refractivity contribution is 5.99. The molecule has 2 aliphatic heterocycles. The first-order valence-electron chi connectivity index (χ1n) is 7.59. The summed E-state index contributed by atoms with van der Waals surface area (Å²) in [6.07, 6.45) is 3.42. The molecule has 2 aliphatic rings. The summed E-state index contributed by atoms with van der Waals surface area (Å²) in [5.74, 6) is 0.148. The maximum Gasteiger partial charge on any atom is 0.253 e. The minimum absolute atomic E-state index is 0.0621. The van der Waals surface area contributed by atoms with E-state index >= 15 is 0 Å². The molecule has 2 amide bonds. The van der Waals surface area contributed by atoms with Crippen LogP contribution in [-0.4, -0.2) is 35.9 Å². The van der Waals surface area contributed by atoms with Crippen LogP contribution in [0.2, 0.25) is 0 Å². The number of para-hydroxylation sites is 1. The smallest absolute Gasteiger partial charge is 0.253 e. The average molecular weight is 300 g/mol. The Morgan fingerprint density at radius 2 is 2.05 bits per heavy atom. The number of rotatable bonds is 2. The molecule has 1 aromatic carbocycles. The number of piperidine rings is 1. The molecule has 2 atom stereocenters. The Morgan fingerprint density at radius 3 is 2.82 bits per heavy atom. The average Bonchev–Trinajstić information content (AvgIpc) is 2.54. The second kappa shape index (κ2) is 5.83. The van der Waals surface area contributed by atoms with Gasteiger partial charge in [-0.3, -0.25) is 9.59 Å². The van der Waals surface area contributed by atoms with Gasteiger partial charge in [0, 0.05) is 18.2 Å². The van der Waals surface area contributed by atoms with E-state index < -0.39 is 0 Å². The minimum Gasteiger partial charge on any atom is -0.488 e. The Balaban J connectivity index is 1.81. The second-order valence-corrected chi connectivity index (χ2v) is 5.98. The Hall–Kier alpha value is -2.30. The van der Waals surface area contributed by atoms with E-state index in [1.54, 1.807) is 4.90 Å². The number of amides is 2. The van der Waals surface area contributed by atoms with Crippen molar-refractivity contribution in [3.05, 3.63) is 35.4 Å². The van der Waals surface area contributed by atoms with Crippen LogP contribution in [0.15, 0.2) is 29.8 Å². The third kappa shape index (κ3) is 2.71. The molecule has 3 rings (SSSR count). The molecule has 0 radical (unpaired) electrons. The molecule has 22 heavy (non-hydrogen) atoms. The van der Waals surface area contributed by atoms with Crippen molar-refractivity contribution < 1.29 is 14.3 Å². The summed E-state index contributed by atoms with van der Waals surface area (Å²) in [6, 6.07) is 7.75. The van der Waals surface area contributed by atoms with Crippen LogP contribution in [0, 0.1) is 5.92 Å². The van der Waals surface area contributed by atoms with Crippen LogP contribution in [0.1, 0.15) is 25.3 Å². The monoisotopic (exact) mass is 300 g/mol. The fourth-order valence-electron chi connectivity index (χ4n) is 3.05. The molecule has 0 spiro atoms. The molecular formula is C17H20N2O3. The van der Waals surface area contributed by atoms with Crippen molar-refractivity contribution in [3.63, 3.8) is 0 Å². The lowest BCUT2D eigenvalue weighted by Gasteiger charge is -2.37. The first-order valence-corrected chi connectivity index (χ1v) is 7.59. The van der Waals surface area contributed by atoms with Gasteiger partial charge in [-0.15, -0.1) is 0 Å². The van der Waals surface area contributed by atoms with E-state index in [1.807, 2.05) is 37.3 Å². The zero-order chi connectivity index (χ0) is 15.7. The van der Waals surface area contributed by atoms with Gasteiger partial charge in [-0.25, -0.2) is 0 Å². The lowest BCUT2D eigenvalue weighted by Crippen LogP contribution is -2.49. The summed E-state index contributed by atoms with van der Waals surface area (Å²) in [5, 5.41) is 0. The van der Waals surface area contributed by atoms with Gasteiger partial charge in [0.05, 0.1) is 11.5 Å². The third-order valence-corrected chi connectivity index (χ3v) is 4.45. The quantitative estimate of drug-likeness (QED) is 0.901. The first-order chi connectivity index (χ1) is 10.6. The van der Waals surface area contributed by atoms with Crippen molar-refractivity contribution >= 4 is 17.9 Å². The summed E-state index contributed by atoms with van der Waals surface area (Å²) < 4.78 is 5.65. The maximum atomic E-state index is 12.8. The van der Waals surface area contributed by atoms with Gasteiger partial charge in [-0.1, -0.05) is 18.2 Å². The van der Waals surface area contributed by atoms with Gasteiger partial charge in [0.1, 0.15) is 12.4 Å². The molecule has 1 aromatic rings. The number of primary amides is 1. The highest BCUT2D eigenvalue weighted by Gasteiger charge is 2.33. The summed E-state index contributed by atoms with van der Waals surface area (Å²) in [7, 11) is 0. The molecule has 1 saturated heterocycles. The predicted octanol–water partition coefficient (Wildman–Crippen LogP) is 1.57. The normalized spacial score (nSPS) is 24.0. The minimum atomic E-state index is -0.330. The van der Waals surface area contributed by atoms with Gasteiger partial charge >= 0.3 is 0 Å². The summed E-state index contributed by atoms with van der Waals surface area (Å²) in [4.78, 5) is 25.9. The number of benzene rings is 1. The van der Waals surface area contributed by atoms with Crippen LogP contribution in [0.25, 0.3) is 6.08 Å². The van der Waals surface area contributed by atoms with E-state index in [1.165, 1.54) is 0 Å². The van der Waals surface area contributed by atoms with Crippen molar-refractivity contribution in [1.82, 2.24) is 4.90 Å². The molecule has 0 saturated carbocycles. The molecule has 0 aliphatic carbocycles. The Kier molecular flexibility index (Phi) is 3.88. The van der Waals surface area contributed by atoms with E-state index in [-0.39, 0.29) is 30.4 Å². The number of ether oxygens (including phenoxy) is 1.